The number of nitrogens with one attached hydrogen (secondary N) is 1. The van der Waals surface area contributed by atoms with Crippen molar-refractivity contribution in [3.05, 3.63) is 69.5 Å². The van der Waals surface area contributed by atoms with E-state index in [0.717, 1.165) is 47.7 Å². The SMILES string of the molecule is Cn1nc(CC(CC(=O)O)c2cc(C(C)(C)C)ccc2Cl)cc1OCCc1ccc2c(n1)NCCC2.O=C(O)C(F)(F)F. The molecule has 0 spiro atoms. The highest BCUT2D eigenvalue weighted by Gasteiger charge is 2.38. The zero-order valence-electron chi connectivity index (χ0n) is 24.5. The molecule has 43 heavy (non-hydrogen) atoms. The number of aliphatic carboxylic acids is 2. The van der Waals surface area contributed by atoms with Gasteiger partial charge in [0.05, 0.1) is 18.7 Å². The normalized spacial score (nSPS) is 13.7. The van der Waals surface area contributed by atoms with Gasteiger partial charge in [-0.15, -0.1) is 0 Å². The van der Waals surface area contributed by atoms with Crippen molar-refractivity contribution in [3.63, 3.8) is 0 Å². The van der Waals surface area contributed by atoms with Crippen molar-refractivity contribution in [3.8, 4) is 5.88 Å². The summed E-state index contributed by atoms with van der Waals surface area (Å²) in [5, 5.41) is 25.3. The summed E-state index contributed by atoms with van der Waals surface area (Å²) in [6.07, 6.45) is -1.76. The van der Waals surface area contributed by atoms with E-state index < -0.39 is 18.1 Å². The summed E-state index contributed by atoms with van der Waals surface area (Å²) < 4.78 is 39.5. The lowest BCUT2D eigenvalue weighted by molar-refractivity contribution is -0.192. The zero-order valence-corrected chi connectivity index (χ0v) is 25.2. The van der Waals surface area contributed by atoms with Crippen molar-refractivity contribution < 1.29 is 37.7 Å². The Kier molecular flexibility index (Phi) is 11.1. The van der Waals surface area contributed by atoms with Crippen LogP contribution in [0, 0.1) is 0 Å². The van der Waals surface area contributed by atoms with E-state index in [0.29, 0.717) is 30.4 Å². The molecular weight excluding hydrogens is 589 g/mol. The van der Waals surface area contributed by atoms with E-state index in [1.807, 2.05) is 31.3 Å². The number of nitrogens with zero attached hydrogens (tertiary/aromatic N) is 3. The minimum atomic E-state index is -5.08. The van der Waals surface area contributed by atoms with Crippen LogP contribution in [-0.2, 0) is 41.3 Å². The number of pyridine rings is 1. The Bertz CT molecular complexity index is 1440. The van der Waals surface area contributed by atoms with Gasteiger partial charge in [-0.25, -0.2) is 14.5 Å². The average Bonchev–Trinajstić information content (AvgIpc) is 3.25. The number of rotatable bonds is 9. The lowest BCUT2D eigenvalue weighted by Crippen LogP contribution is -2.21. The molecule has 0 fully saturated rings. The van der Waals surface area contributed by atoms with Crippen molar-refractivity contribution in [2.24, 2.45) is 7.05 Å². The standard InChI is InChI=1S/C28H35ClN4O3.C2HF3O2/c1-28(2,3)20-8-10-24(29)23(16-20)19(15-26(34)35)14-22-17-25(33(4)32-22)36-13-11-21-9-7-18-6-5-12-30-27(18)31-21;3-2(4,5)1(6)7/h7-10,16-17,19H,5-6,11-15H2,1-4H3,(H,30,31)(H,34,35);(H,6,7). The molecule has 3 heterocycles. The third-order valence-electron chi connectivity index (χ3n) is 6.87. The molecule has 1 aliphatic rings. The molecule has 0 bridgehead atoms. The van der Waals surface area contributed by atoms with Crippen molar-refractivity contribution in [2.75, 3.05) is 18.5 Å². The molecule has 0 amide bonds. The van der Waals surface area contributed by atoms with Crippen LogP contribution in [0.25, 0.3) is 0 Å². The summed E-state index contributed by atoms with van der Waals surface area (Å²) in [6.45, 7) is 7.83. The summed E-state index contributed by atoms with van der Waals surface area (Å²) in [5.74, 6) is -2.29. The van der Waals surface area contributed by atoms with Gasteiger partial charge in [0.2, 0.25) is 5.88 Å². The monoisotopic (exact) mass is 624 g/mol. The van der Waals surface area contributed by atoms with Crippen LogP contribution < -0.4 is 10.1 Å². The number of benzene rings is 1. The van der Waals surface area contributed by atoms with E-state index in [9.17, 15) is 23.1 Å². The van der Waals surface area contributed by atoms with E-state index >= 15 is 0 Å². The van der Waals surface area contributed by atoms with Gasteiger partial charge in [0.25, 0.3) is 0 Å². The number of carbonyl (C=O) groups is 2. The van der Waals surface area contributed by atoms with E-state index in [1.54, 1.807) is 4.68 Å². The van der Waals surface area contributed by atoms with Gasteiger partial charge in [-0.2, -0.15) is 18.3 Å². The maximum atomic E-state index is 11.7. The fourth-order valence-corrected chi connectivity index (χ4v) is 4.86. The van der Waals surface area contributed by atoms with E-state index in [4.69, 9.17) is 31.2 Å². The van der Waals surface area contributed by atoms with E-state index in [1.165, 1.54) is 5.56 Å². The topological polar surface area (TPSA) is 127 Å². The second kappa shape index (κ2) is 14.1. The second-order valence-electron chi connectivity index (χ2n) is 11.3. The highest BCUT2D eigenvalue weighted by Crippen LogP contribution is 2.34. The van der Waals surface area contributed by atoms with Crippen molar-refractivity contribution in [1.82, 2.24) is 14.8 Å². The maximum Gasteiger partial charge on any atom is 0.490 e. The molecule has 1 unspecified atom stereocenters. The molecule has 3 aromatic rings. The van der Waals surface area contributed by atoms with Crippen LogP contribution in [0.1, 0.15) is 67.6 Å². The Labute approximate surface area is 253 Å². The highest BCUT2D eigenvalue weighted by molar-refractivity contribution is 6.31. The van der Waals surface area contributed by atoms with Gasteiger partial charge >= 0.3 is 18.1 Å². The smallest absolute Gasteiger partial charge is 0.481 e. The molecule has 13 heteroatoms. The number of aryl methyl sites for hydroxylation is 2. The number of hydrogen-bond donors (Lipinski definition) is 3. The number of carboxylic acid groups (broad SMARTS) is 2. The number of fused-ring (bicyclic) bond motifs is 1. The number of hydrogen-bond acceptors (Lipinski definition) is 6. The molecule has 2 aromatic heterocycles. The maximum absolute atomic E-state index is 11.7. The summed E-state index contributed by atoms with van der Waals surface area (Å²) in [5.41, 5.74) is 4.92. The van der Waals surface area contributed by atoms with Gasteiger partial charge in [-0.3, -0.25) is 4.79 Å². The largest absolute Gasteiger partial charge is 0.490 e. The van der Waals surface area contributed by atoms with Crippen LogP contribution in [0.5, 0.6) is 5.88 Å². The first kappa shape index (κ1) is 33.7. The van der Waals surface area contributed by atoms with Crippen LogP contribution in [0.3, 0.4) is 0 Å². The fourth-order valence-electron chi connectivity index (χ4n) is 4.59. The number of anilines is 1. The van der Waals surface area contributed by atoms with Gasteiger partial charge in [0, 0.05) is 42.7 Å². The Morgan fingerprint density at radius 2 is 1.81 bits per heavy atom. The molecule has 3 N–H and O–H groups in total. The van der Waals surface area contributed by atoms with Crippen molar-refractivity contribution in [1.29, 1.82) is 0 Å². The van der Waals surface area contributed by atoms with Gasteiger partial charge < -0.3 is 20.3 Å². The lowest BCUT2D eigenvalue weighted by atomic mass is 9.83. The number of halogens is 4. The highest BCUT2D eigenvalue weighted by atomic mass is 35.5. The van der Waals surface area contributed by atoms with Crippen LogP contribution in [-0.4, -0.2) is 56.2 Å². The molecule has 0 saturated carbocycles. The summed E-state index contributed by atoms with van der Waals surface area (Å²) >= 11 is 6.54. The Balaban J connectivity index is 0.000000646. The first-order valence-electron chi connectivity index (χ1n) is 13.7. The van der Waals surface area contributed by atoms with Gasteiger partial charge in [-0.05, 0) is 53.5 Å². The first-order chi connectivity index (χ1) is 20.0. The van der Waals surface area contributed by atoms with E-state index in [-0.39, 0.29) is 17.8 Å². The Hall–Kier alpha value is -3.80. The lowest BCUT2D eigenvalue weighted by Gasteiger charge is -2.23. The molecular formula is C30H36ClF3N4O5. The van der Waals surface area contributed by atoms with Crippen molar-refractivity contribution in [2.45, 2.75) is 70.4 Å². The quantitative estimate of drug-likeness (QED) is 0.258. The fraction of sp³-hybridized carbons (Fsp3) is 0.467. The molecule has 1 aliphatic heterocycles. The number of aromatic nitrogens is 3. The van der Waals surface area contributed by atoms with Crippen LogP contribution in [0.2, 0.25) is 5.02 Å². The summed E-state index contributed by atoms with van der Waals surface area (Å²) in [6, 6.07) is 12.0. The second-order valence-corrected chi connectivity index (χ2v) is 11.7. The minimum absolute atomic E-state index is 0.0296. The third-order valence-corrected chi connectivity index (χ3v) is 7.21. The molecule has 1 atom stereocenters. The van der Waals surface area contributed by atoms with Gasteiger partial charge in [0.1, 0.15) is 5.82 Å². The molecule has 9 nitrogen and oxygen atoms in total. The molecule has 1 aromatic carbocycles. The number of carboxylic acids is 2. The first-order valence-corrected chi connectivity index (χ1v) is 14.1. The Morgan fingerprint density at radius 1 is 1.12 bits per heavy atom. The predicted octanol–water partition coefficient (Wildman–Crippen LogP) is 6.18. The summed E-state index contributed by atoms with van der Waals surface area (Å²) in [7, 11) is 1.83. The van der Waals surface area contributed by atoms with Crippen molar-refractivity contribution >= 4 is 29.4 Å². The van der Waals surface area contributed by atoms with Gasteiger partial charge in [0.15, 0.2) is 0 Å². The van der Waals surface area contributed by atoms with E-state index in [2.05, 4.69) is 43.3 Å². The van der Waals surface area contributed by atoms with Gasteiger partial charge in [-0.1, -0.05) is 50.6 Å². The average molecular weight is 625 g/mol. The summed E-state index contributed by atoms with van der Waals surface area (Å²) in [4.78, 5) is 25.3. The molecule has 4 rings (SSSR count). The number of alkyl halides is 3. The molecule has 234 valence electrons. The minimum Gasteiger partial charge on any atom is -0.481 e. The predicted molar refractivity (Wildman–Crippen MR) is 156 cm³/mol. The molecule has 0 aliphatic carbocycles. The van der Waals surface area contributed by atoms with Crippen LogP contribution >= 0.6 is 11.6 Å². The molecule has 0 saturated heterocycles. The zero-order chi connectivity index (χ0) is 31.9. The molecule has 0 radical (unpaired) electrons. The third kappa shape index (κ3) is 9.87. The Morgan fingerprint density at radius 3 is 2.44 bits per heavy atom. The van der Waals surface area contributed by atoms with Crippen LogP contribution in [0.15, 0.2) is 36.4 Å². The number of ether oxygens (including phenoxy) is 1. The van der Waals surface area contributed by atoms with Crippen LogP contribution in [0.4, 0.5) is 19.0 Å².